The van der Waals surface area contributed by atoms with Gasteiger partial charge in [-0.1, -0.05) is 35.6 Å². The number of benzene rings is 2. The lowest BCUT2D eigenvalue weighted by Crippen LogP contribution is -2.44. The molecule has 3 rings (SSSR count). The lowest BCUT2D eigenvalue weighted by Gasteiger charge is -2.22. The number of hydrogen-bond donors (Lipinski definition) is 2. The first kappa shape index (κ1) is 20.3. The molecule has 0 bridgehead atoms. The predicted molar refractivity (Wildman–Crippen MR) is 113 cm³/mol. The number of carbonyl (C=O) groups excluding carboxylic acids is 2. The molecule has 1 saturated heterocycles. The minimum atomic E-state index is -0.878. The van der Waals surface area contributed by atoms with E-state index < -0.39 is 23.7 Å². The quantitative estimate of drug-likeness (QED) is 0.548. The van der Waals surface area contributed by atoms with Crippen molar-refractivity contribution in [3.05, 3.63) is 63.8 Å². The van der Waals surface area contributed by atoms with E-state index in [9.17, 15) is 19.1 Å². The number of anilines is 1. The minimum Gasteiger partial charge on any atom is -0.507 e. The Morgan fingerprint density at radius 2 is 2.00 bits per heavy atom. The highest BCUT2D eigenvalue weighted by Crippen LogP contribution is 2.36. The van der Waals surface area contributed by atoms with Gasteiger partial charge in [0.05, 0.1) is 4.91 Å². The molecule has 2 N–H and O–H groups in total. The van der Waals surface area contributed by atoms with Crippen LogP contribution in [0.1, 0.15) is 12.5 Å². The molecule has 0 aliphatic carbocycles. The lowest BCUT2D eigenvalue weighted by atomic mass is 10.1. The number of phenolic OH excluding ortho intramolecular Hbond substituents is 1. The van der Waals surface area contributed by atoms with Gasteiger partial charge in [-0.3, -0.25) is 14.5 Å². The van der Waals surface area contributed by atoms with Crippen molar-refractivity contribution in [1.29, 1.82) is 0 Å². The third kappa shape index (κ3) is 4.35. The molecule has 1 aliphatic rings. The van der Waals surface area contributed by atoms with Crippen LogP contribution in [0, 0.1) is 5.82 Å². The largest absolute Gasteiger partial charge is 0.507 e. The van der Waals surface area contributed by atoms with Gasteiger partial charge in [0.25, 0.3) is 5.91 Å². The van der Waals surface area contributed by atoms with Gasteiger partial charge in [0.1, 0.15) is 21.9 Å². The number of nitrogens with one attached hydrogen (secondary N) is 1. The predicted octanol–water partition coefficient (Wildman–Crippen LogP) is 4.41. The normalized spacial score (nSPS) is 16.5. The van der Waals surface area contributed by atoms with Crippen molar-refractivity contribution < 1.29 is 19.1 Å². The zero-order valence-electron chi connectivity index (χ0n) is 14.5. The van der Waals surface area contributed by atoms with Crippen LogP contribution >= 0.6 is 35.6 Å². The van der Waals surface area contributed by atoms with Gasteiger partial charge in [-0.25, -0.2) is 4.39 Å². The van der Waals surface area contributed by atoms with E-state index in [-0.39, 0.29) is 15.0 Å². The topological polar surface area (TPSA) is 69.6 Å². The summed E-state index contributed by atoms with van der Waals surface area (Å²) in [4.78, 5) is 26.7. The average Bonchev–Trinajstić information content (AvgIpc) is 2.93. The maximum atomic E-state index is 13.0. The van der Waals surface area contributed by atoms with Crippen LogP contribution in [0.25, 0.3) is 6.08 Å². The molecule has 1 fully saturated rings. The molecule has 5 nitrogen and oxygen atoms in total. The fourth-order valence-electron chi connectivity index (χ4n) is 2.49. The number of phenols is 1. The standard InChI is InChI=1S/C19H14ClFN2O3S2/c1-10(17(25)22-14-5-3-13(21)4-6-14)23-18(26)16(28-19(23)27)9-11-8-12(20)2-7-15(11)24/h2-10,24H,1H3,(H,22,25)/b16-9-. The molecule has 2 aromatic carbocycles. The molecule has 0 spiro atoms. The van der Waals surface area contributed by atoms with Crippen LogP contribution in [0.5, 0.6) is 5.75 Å². The van der Waals surface area contributed by atoms with E-state index in [0.29, 0.717) is 16.3 Å². The lowest BCUT2D eigenvalue weighted by molar-refractivity contribution is -0.129. The van der Waals surface area contributed by atoms with Gasteiger partial charge < -0.3 is 10.4 Å². The molecule has 1 unspecified atom stereocenters. The summed E-state index contributed by atoms with van der Waals surface area (Å²) in [5.41, 5.74) is 0.777. The Bertz CT molecular complexity index is 995. The summed E-state index contributed by atoms with van der Waals surface area (Å²) in [6.45, 7) is 1.55. The van der Waals surface area contributed by atoms with Gasteiger partial charge in [0, 0.05) is 16.3 Å². The van der Waals surface area contributed by atoms with Crippen LogP contribution < -0.4 is 5.32 Å². The van der Waals surface area contributed by atoms with Crippen LogP contribution in [0.4, 0.5) is 10.1 Å². The van der Waals surface area contributed by atoms with Crippen molar-refractivity contribution in [2.24, 2.45) is 0 Å². The molecule has 144 valence electrons. The van der Waals surface area contributed by atoms with Crippen molar-refractivity contribution in [2.45, 2.75) is 13.0 Å². The van der Waals surface area contributed by atoms with Crippen molar-refractivity contribution in [3.8, 4) is 5.75 Å². The van der Waals surface area contributed by atoms with E-state index in [0.717, 1.165) is 11.8 Å². The number of thiocarbonyl (C=S) groups is 1. The van der Waals surface area contributed by atoms with Gasteiger partial charge >= 0.3 is 0 Å². The summed E-state index contributed by atoms with van der Waals surface area (Å²) in [6, 6.07) is 8.89. The summed E-state index contributed by atoms with van der Waals surface area (Å²) in [5.74, 6) is -1.36. The number of amides is 2. The van der Waals surface area contributed by atoms with Crippen LogP contribution in [-0.4, -0.2) is 32.2 Å². The highest BCUT2D eigenvalue weighted by Gasteiger charge is 2.38. The summed E-state index contributed by atoms with van der Waals surface area (Å²) in [7, 11) is 0. The van der Waals surface area contributed by atoms with Crippen molar-refractivity contribution in [3.63, 3.8) is 0 Å². The average molecular weight is 437 g/mol. The Labute approximate surface area is 175 Å². The van der Waals surface area contributed by atoms with Gasteiger partial charge in [-0.15, -0.1) is 0 Å². The number of hydrogen-bond acceptors (Lipinski definition) is 5. The maximum absolute atomic E-state index is 13.0. The smallest absolute Gasteiger partial charge is 0.266 e. The second kappa shape index (κ2) is 8.30. The molecule has 0 aromatic heterocycles. The van der Waals surface area contributed by atoms with E-state index in [2.05, 4.69) is 5.32 Å². The number of rotatable bonds is 4. The zero-order chi connectivity index (χ0) is 20.4. The molecule has 0 saturated carbocycles. The van der Waals surface area contributed by atoms with E-state index in [1.807, 2.05) is 0 Å². The first-order chi connectivity index (χ1) is 13.3. The van der Waals surface area contributed by atoms with E-state index in [4.69, 9.17) is 23.8 Å². The summed E-state index contributed by atoms with van der Waals surface area (Å²) in [6.07, 6.45) is 1.48. The van der Waals surface area contributed by atoms with Gasteiger partial charge in [0.15, 0.2) is 0 Å². The fourth-order valence-corrected chi connectivity index (χ4v) is 4.08. The second-order valence-electron chi connectivity index (χ2n) is 5.93. The van der Waals surface area contributed by atoms with Crippen molar-refractivity contribution in [2.75, 3.05) is 5.32 Å². The molecule has 2 aromatic rings. The van der Waals surface area contributed by atoms with E-state index >= 15 is 0 Å². The molecule has 1 atom stereocenters. The Morgan fingerprint density at radius 3 is 2.68 bits per heavy atom. The zero-order valence-corrected chi connectivity index (χ0v) is 16.9. The summed E-state index contributed by atoms with van der Waals surface area (Å²) < 4.78 is 13.2. The first-order valence-corrected chi connectivity index (χ1v) is 9.68. The number of halogens is 2. The third-order valence-electron chi connectivity index (χ3n) is 3.98. The Kier molecular flexibility index (Phi) is 6.02. The molecular formula is C19H14ClFN2O3S2. The van der Waals surface area contributed by atoms with Crippen LogP contribution in [0.3, 0.4) is 0 Å². The summed E-state index contributed by atoms with van der Waals surface area (Å²) >= 11 is 12.2. The Morgan fingerprint density at radius 1 is 1.32 bits per heavy atom. The van der Waals surface area contributed by atoms with Gasteiger partial charge in [-0.2, -0.15) is 0 Å². The van der Waals surface area contributed by atoms with E-state index in [1.165, 1.54) is 53.4 Å². The molecule has 9 heteroatoms. The Hall–Kier alpha value is -2.42. The van der Waals surface area contributed by atoms with Gasteiger partial charge in [0.2, 0.25) is 5.91 Å². The third-order valence-corrected chi connectivity index (χ3v) is 5.54. The Balaban J connectivity index is 1.78. The van der Waals surface area contributed by atoms with Crippen LogP contribution in [0.15, 0.2) is 47.4 Å². The number of carbonyl (C=O) groups is 2. The monoisotopic (exact) mass is 436 g/mol. The first-order valence-electron chi connectivity index (χ1n) is 8.08. The molecule has 0 radical (unpaired) electrons. The molecule has 2 amide bonds. The van der Waals surface area contributed by atoms with Crippen LogP contribution in [0.2, 0.25) is 5.02 Å². The highest BCUT2D eigenvalue weighted by atomic mass is 35.5. The molecule has 28 heavy (non-hydrogen) atoms. The number of thioether (sulfide) groups is 1. The fraction of sp³-hybridized carbons (Fsp3) is 0.105. The maximum Gasteiger partial charge on any atom is 0.266 e. The second-order valence-corrected chi connectivity index (χ2v) is 8.04. The molecular weight excluding hydrogens is 423 g/mol. The van der Waals surface area contributed by atoms with Crippen molar-refractivity contribution in [1.82, 2.24) is 4.90 Å². The van der Waals surface area contributed by atoms with Gasteiger partial charge in [-0.05, 0) is 55.5 Å². The van der Waals surface area contributed by atoms with Crippen LogP contribution in [-0.2, 0) is 9.59 Å². The number of nitrogens with zero attached hydrogens (tertiary/aromatic N) is 1. The highest BCUT2D eigenvalue weighted by molar-refractivity contribution is 8.26. The van der Waals surface area contributed by atoms with E-state index in [1.54, 1.807) is 6.92 Å². The van der Waals surface area contributed by atoms with Crippen molar-refractivity contribution >= 4 is 63.5 Å². The minimum absolute atomic E-state index is 0.0308. The molecule has 1 aliphatic heterocycles. The molecule has 1 heterocycles. The SMILES string of the molecule is CC(C(=O)Nc1ccc(F)cc1)N1C(=O)/C(=C/c2cc(Cl)ccc2O)SC1=S. The number of aromatic hydroxyl groups is 1. The summed E-state index contributed by atoms with van der Waals surface area (Å²) in [5, 5.41) is 13.0.